The number of hydrogen-bond acceptors (Lipinski definition) is 2. The molecule has 0 saturated heterocycles. The molecular weight excluding hydrogens is 284 g/mol. The molecule has 0 spiro atoms. The van der Waals surface area contributed by atoms with E-state index in [9.17, 15) is 4.79 Å². The van der Waals surface area contributed by atoms with Crippen molar-refractivity contribution in [2.75, 3.05) is 7.11 Å². The smallest absolute Gasteiger partial charge is 0.174 e. The zero-order valence-corrected chi connectivity index (χ0v) is 13.0. The molecule has 0 fully saturated rings. The zero-order chi connectivity index (χ0) is 16.1. The Bertz CT molecular complexity index is 762. The molecule has 0 aliphatic carbocycles. The lowest BCUT2D eigenvalue weighted by atomic mass is 9.85. The van der Waals surface area contributed by atoms with Gasteiger partial charge in [0.1, 0.15) is 5.75 Å². The molecule has 3 rings (SSSR count). The number of carbonyl (C=O) groups excluding carboxylic acids is 1. The summed E-state index contributed by atoms with van der Waals surface area (Å²) in [6, 6.07) is 27.0. The molecule has 0 heterocycles. The van der Waals surface area contributed by atoms with Crippen molar-refractivity contribution in [2.45, 2.75) is 5.92 Å². The summed E-state index contributed by atoms with van der Waals surface area (Å²) >= 11 is 0. The molecule has 0 aliphatic heterocycles. The molecule has 0 saturated carbocycles. The number of ketones is 1. The molecular formula is C21H18O2. The molecule has 0 bridgehead atoms. The van der Waals surface area contributed by atoms with Gasteiger partial charge in [-0.15, -0.1) is 0 Å². The molecule has 0 N–H and O–H groups in total. The second kappa shape index (κ2) is 6.93. The monoisotopic (exact) mass is 302 g/mol. The van der Waals surface area contributed by atoms with Crippen LogP contribution in [-0.2, 0) is 0 Å². The van der Waals surface area contributed by atoms with Gasteiger partial charge in [-0.2, -0.15) is 0 Å². The van der Waals surface area contributed by atoms with Crippen molar-refractivity contribution in [3.05, 3.63) is 102 Å². The first-order valence-corrected chi connectivity index (χ1v) is 7.58. The van der Waals surface area contributed by atoms with E-state index in [1.54, 1.807) is 7.11 Å². The first kappa shape index (κ1) is 15.0. The van der Waals surface area contributed by atoms with Gasteiger partial charge in [0, 0.05) is 5.56 Å². The molecule has 0 aliphatic rings. The van der Waals surface area contributed by atoms with E-state index in [1.807, 2.05) is 84.9 Å². The van der Waals surface area contributed by atoms with Crippen LogP contribution < -0.4 is 4.74 Å². The van der Waals surface area contributed by atoms with Gasteiger partial charge in [-0.05, 0) is 23.3 Å². The van der Waals surface area contributed by atoms with E-state index in [0.717, 1.165) is 22.4 Å². The van der Waals surface area contributed by atoms with Gasteiger partial charge in [0.2, 0.25) is 0 Å². The first-order chi connectivity index (χ1) is 11.3. The van der Waals surface area contributed by atoms with E-state index in [1.165, 1.54) is 0 Å². The molecule has 2 heteroatoms. The number of rotatable bonds is 5. The molecule has 0 radical (unpaired) electrons. The van der Waals surface area contributed by atoms with Gasteiger partial charge in [-0.1, -0.05) is 72.8 Å². The lowest BCUT2D eigenvalue weighted by molar-refractivity contribution is 0.0974. The molecule has 0 aromatic heterocycles. The maximum atomic E-state index is 13.1. The second-order valence-corrected chi connectivity index (χ2v) is 5.35. The highest BCUT2D eigenvalue weighted by atomic mass is 16.5. The number of benzene rings is 3. The van der Waals surface area contributed by atoms with Crippen molar-refractivity contribution in [3.63, 3.8) is 0 Å². The van der Waals surface area contributed by atoms with Crippen molar-refractivity contribution < 1.29 is 9.53 Å². The summed E-state index contributed by atoms with van der Waals surface area (Å²) in [6.45, 7) is 0. The molecule has 3 aromatic carbocycles. The summed E-state index contributed by atoms with van der Waals surface area (Å²) in [4.78, 5) is 13.1. The third-order valence-corrected chi connectivity index (χ3v) is 3.90. The number of hydrogen-bond donors (Lipinski definition) is 0. The van der Waals surface area contributed by atoms with E-state index in [0.29, 0.717) is 0 Å². The standard InChI is InChI=1S/C21H18O2/c1-23-19-14-12-17(13-15-19)20(16-8-4-2-5-9-16)21(22)18-10-6-3-7-11-18/h2-15,20H,1H3/t20-/m1/s1. The normalized spacial score (nSPS) is 11.7. The number of Topliss-reactive ketones (excluding diaryl/α,β-unsaturated/α-hetero) is 1. The van der Waals surface area contributed by atoms with Crippen LogP contribution in [-0.4, -0.2) is 12.9 Å². The van der Waals surface area contributed by atoms with E-state index >= 15 is 0 Å². The third kappa shape index (κ3) is 3.32. The molecule has 23 heavy (non-hydrogen) atoms. The lowest BCUT2D eigenvalue weighted by Crippen LogP contribution is -2.14. The van der Waals surface area contributed by atoms with Crippen LogP contribution in [0.4, 0.5) is 0 Å². The average Bonchev–Trinajstić information content (AvgIpc) is 2.64. The van der Waals surface area contributed by atoms with Gasteiger partial charge in [0.05, 0.1) is 13.0 Å². The van der Waals surface area contributed by atoms with Crippen LogP contribution in [0.1, 0.15) is 27.4 Å². The highest BCUT2D eigenvalue weighted by Crippen LogP contribution is 2.29. The Morgan fingerprint density at radius 1 is 0.739 bits per heavy atom. The van der Waals surface area contributed by atoms with E-state index in [2.05, 4.69) is 0 Å². The minimum atomic E-state index is -0.315. The Balaban J connectivity index is 2.05. The Labute approximate surface area is 136 Å². The van der Waals surface area contributed by atoms with Gasteiger partial charge in [0.25, 0.3) is 0 Å². The van der Waals surface area contributed by atoms with Gasteiger partial charge < -0.3 is 4.74 Å². The Kier molecular flexibility index (Phi) is 4.53. The van der Waals surface area contributed by atoms with Crippen molar-refractivity contribution >= 4 is 5.78 Å². The van der Waals surface area contributed by atoms with Crippen molar-refractivity contribution in [2.24, 2.45) is 0 Å². The van der Waals surface area contributed by atoms with Crippen LogP contribution in [0.25, 0.3) is 0 Å². The minimum absolute atomic E-state index is 0.0990. The molecule has 0 unspecified atom stereocenters. The van der Waals surface area contributed by atoms with E-state index in [4.69, 9.17) is 4.74 Å². The predicted molar refractivity (Wildman–Crippen MR) is 92.1 cm³/mol. The summed E-state index contributed by atoms with van der Waals surface area (Å²) in [5.74, 6) is 0.569. The average molecular weight is 302 g/mol. The second-order valence-electron chi connectivity index (χ2n) is 5.35. The fraction of sp³-hybridized carbons (Fsp3) is 0.0952. The summed E-state index contributed by atoms with van der Waals surface area (Å²) in [7, 11) is 1.64. The van der Waals surface area contributed by atoms with Gasteiger partial charge in [-0.25, -0.2) is 0 Å². The topological polar surface area (TPSA) is 26.3 Å². The summed E-state index contributed by atoms with van der Waals surface area (Å²) in [5.41, 5.74) is 2.68. The highest BCUT2D eigenvalue weighted by molar-refractivity contribution is 6.03. The summed E-state index contributed by atoms with van der Waals surface area (Å²) in [5, 5.41) is 0. The Hall–Kier alpha value is -2.87. The fourth-order valence-corrected chi connectivity index (χ4v) is 2.71. The first-order valence-electron chi connectivity index (χ1n) is 7.58. The Morgan fingerprint density at radius 2 is 1.26 bits per heavy atom. The summed E-state index contributed by atoms with van der Waals surface area (Å²) in [6.07, 6.45) is 0. The quantitative estimate of drug-likeness (QED) is 0.638. The van der Waals surface area contributed by atoms with Crippen LogP contribution in [0.15, 0.2) is 84.9 Å². The molecule has 0 amide bonds. The fourth-order valence-electron chi connectivity index (χ4n) is 2.71. The molecule has 1 atom stereocenters. The van der Waals surface area contributed by atoms with E-state index < -0.39 is 0 Å². The van der Waals surface area contributed by atoms with Crippen LogP contribution in [0, 0.1) is 0 Å². The van der Waals surface area contributed by atoms with Crippen molar-refractivity contribution in [1.82, 2.24) is 0 Å². The van der Waals surface area contributed by atoms with Gasteiger partial charge >= 0.3 is 0 Å². The summed E-state index contributed by atoms with van der Waals surface area (Å²) < 4.78 is 5.21. The maximum Gasteiger partial charge on any atom is 0.174 e. The zero-order valence-electron chi connectivity index (χ0n) is 13.0. The SMILES string of the molecule is COc1ccc([C@H](C(=O)c2ccccc2)c2ccccc2)cc1. The lowest BCUT2D eigenvalue weighted by Gasteiger charge is -2.17. The van der Waals surface area contributed by atoms with Crippen molar-refractivity contribution in [1.29, 1.82) is 0 Å². The molecule has 114 valence electrons. The van der Waals surface area contributed by atoms with Gasteiger partial charge in [0.15, 0.2) is 5.78 Å². The van der Waals surface area contributed by atoms with Crippen LogP contribution in [0.2, 0.25) is 0 Å². The van der Waals surface area contributed by atoms with Crippen LogP contribution >= 0.6 is 0 Å². The van der Waals surface area contributed by atoms with Crippen LogP contribution in [0.5, 0.6) is 5.75 Å². The third-order valence-electron chi connectivity index (χ3n) is 3.90. The van der Waals surface area contributed by atoms with Gasteiger partial charge in [-0.3, -0.25) is 4.79 Å². The molecule has 3 aromatic rings. The highest BCUT2D eigenvalue weighted by Gasteiger charge is 2.23. The molecule has 2 nitrogen and oxygen atoms in total. The largest absolute Gasteiger partial charge is 0.497 e. The minimum Gasteiger partial charge on any atom is -0.497 e. The predicted octanol–water partition coefficient (Wildman–Crippen LogP) is 4.71. The number of carbonyl (C=O) groups is 1. The maximum absolute atomic E-state index is 13.1. The number of ether oxygens (including phenoxy) is 1. The van der Waals surface area contributed by atoms with E-state index in [-0.39, 0.29) is 11.7 Å². The number of methoxy groups -OCH3 is 1. The van der Waals surface area contributed by atoms with Crippen LogP contribution in [0.3, 0.4) is 0 Å². The van der Waals surface area contributed by atoms with Crippen molar-refractivity contribution in [3.8, 4) is 5.75 Å². The Morgan fingerprint density at radius 3 is 1.83 bits per heavy atom.